The molecule has 27 heavy (non-hydrogen) atoms. The summed E-state index contributed by atoms with van der Waals surface area (Å²) in [5, 5.41) is 1.26. The van der Waals surface area contributed by atoms with Gasteiger partial charge in [0.05, 0.1) is 19.9 Å². The molecule has 0 N–H and O–H groups in total. The Morgan fingerprint density at radius 3 is 2.19 bits per heavy atom. The van der Waals surface area contributed by atoms with Crippen molar-refractivity contribution >= 4 is 23.5 Å². The van der Waals surface area contributed by atoms with Crippen LogP contribution in [0.2, 0.25) is 0 Å². The average Bonchev–Trinajstić information content (AvgIpc) is 2.99. The van der Waals surface area contributed by atoms with Gasteiger partial charge >= 0.3 is 0 Å². The topological polar surface area (TPSA) is 23.4 Å². The molecule has 0 bridgehead atoms. The largest absolute Gasteiger partial charge is 0.497 e. The Hall–Kier alpha value is -2.07. The van der Waals surface area contributed by atoms with Crippen LogP contribution in [0.5, 0.6) is 11.5 Å². The first-order valence-electron chi connectivity index (χ1n) is 9.61. The first kappa shape index (κ1) is 19.7. The van der Waals surface area contributed by atoms with Gasteiger partial charge in [0.25, 0.3) is 0 Å². The van der Waals surface area contributed by atoms with Crippen LogP contribution in [0, 0.1) is 6.92 Å². The number of nitrogens with zero attached hydrogens (tertiary/aromatic N) is 1. The molecule has 4 heteroatoms. The Kier molecular flexibility index (Phi) is 6.73. The summed E-state index contributed by atoms with van der Waals surface area (Å²) >= 11 is 4.32. The lowest BCUT2D eigenvalue weighted by Crippen LogP contribution is -2.01. The molecular formula is C23H29NO2S. The molecule has 0 aliphatic heterocycles. The smallest absolute Gasteiger partial charge is 0.119 e. The summed E-state index contributed by atoms with van der Waals surface area (Å²) in [5.74, 6) is 2.76. The second-order valence-electron chi connectivity index (χ2n) is 6.87. The van der Waals surface area contributed by atoms with Crippen molar-refractivity contribution in [2.75, 3.05) is 20.0 Å². The van der Waals surface area contributed by atoms with E-state index in [1.165, 1.54) is 53.4 Å². The number of hydrogen-bond donors (Lipinski definition) is 1. The van der Waals surface area contributed by atoms with Crippen molar-refractivity contribution in [3.63, 3.8) is 0 Å². The highest BCUT2D eigenvalue weighted by Gasteiger charge is 2.16. The standard InChI is InChI=1S/C23H29NO2S/c1-17-21-16-20(26-3)12-13-22(21)24(14-6-4-5-7-15-27)23(17)18-8-10-19(25-2)11-9-18/h8-13,16,27H,4-7,14-15H2,1-3H3. The predicted octanol–water partition coefficient (Wildman–Crippen LogP) is 6.12. The number of rotatable bonds is 9. The molecule has 0 radical (unpaired) electrons. The van der Waals surface area contributed by atoms with Crippen LogP contribution < -0.4 is 9.47 Å². The first-order chi connectivity index (χ1) is 13.2. The number of thiol groups is 1. The SMILES string of the molecule is COc1ccc(-c2c(C)c3cc(OC)ccc3n2CCCCCCS)cc1. The van der Waals surface area contributed by atoms with Gasteiger partial charge in [-0.15, -0.1) is 0 Å². The van der Waals surface area contributed by atoms with Gasteiger partial charge in [0.1, 0.15) is 11.5 Å². The fourth-order valence-electron chi connectivity index (χ4n) is 3.72. The zero-order valence-corrected chi connectivity index (χ0v) is 17.4. The van der Waals surface area contributed by atoms with Gasteiger partial charge in [0, 0.05) is 17.4 Å². The van der Waals surface area contributed by atoms with Crippen LogP contribution in [0.3, 0.4) is 0 Å². The molecule has 0 saturated carbocycles. The fourth-order valence-corrected chi connectivity index (χ4v) is 3.94. The van der Waals surface area contributed by atoms with E-state index in [-0.39, 0.29) is 0 Å². The highest BCUT2D eigenvalue weighted by Crippen LogP contribution is 2.36. The third kappa shape index (κ3) is 4.27. The summed E-state index contributed by atoms with van der Waals surface area (Å²) in [7, 11) is 3.42. The highest BCUT2D eigenvalue weighted by atomic mass is 32.1. The van der Waals surface area contributed by atoms with Crippen LogP contribution in [0.4, 0.5) is 0 Å². The summed E-state index contributed by atoms with van der Waals surface area (Å²) < 4.78 is 13.2. The Morgan fingerprint density at radius 1 is 0.852 bits per heavy atom. The van der Waals surface area contributed by atoms with Crippen molar-refractivity contribution < 1.29 is 9.47 Å². The van der Waals surface area contributed by atoms with Crippen molar-refractivity contribution in [3.05, 3.63) is 48.0 Å². The molecule has 0 fully saturated rings. The van der Waals surface area contributed by atoms with Crippen molar-refractivity contribution in [1.29, 1.82) is 0 Å². The minimum Gasteiger partial charge on any atom is -0.497 e. The summed E-state index contributed by atoms with van der Waals surface area (Å²) in [6.07, 6.45) is 4.84. The van der Waals surface area contributed by atoms with Crippen molar-refractivity contribution in [1.82, 2.24) is 4.57 Å². The number of aryl methyl sites for hydroxylation is 2. The van der Waals surface area contributed by atoms with Crippen LogP contribution in [-0.2, 0) is 6.54 Å². The van der Waals surface area contributed by atoms with E-state index in [0.717, 1.165) is 23.8 Å². The molecule has 3 nitrogen and oxygen atoms in total. The van der Waals surface area contributed by atoms with E-state index in [2.05, 4.69) is 54.5 Å². The van der Waals surface area contributed by atoms with Crippen molar-refractivity contribution in [2.45, 2.75) is 39.2 Å². The second-order valence-corrected chi connectivity index (χ2v) is 7.32. The lowest BCUT2D eigenvalue weighted by molar-refractivity contribution is 0.415. The summed E-state index contributed by atoms with van der Waals surface area (Å²) in [4.78, 5) is 0. The molecule has 0 spiro atoms. The van der Waals surface area contributed by atoms with E-state index in [9.17, 15) is 0 Å². The zero-order chi connectivity index (χ0) is 19.2. The predicted molar refractivity (Wildman–Crippen MR) is 118 cm³/mol. The molecule has 0 atom stereocenters. The summed E-state index contributed by atoms with van der Waals surface area (Å²) in [6.45, 7) is 3.23. The van der Waals surface area contributed by atoms with Crippen LogP contribution in [0.25, 0.3) is 22.2 Å². The third-order valence-electron chi connectivity index (χ3n) is 5.18. The van der Waals surface area contributed by atoms with E-state index in [0.29, 0.717) is 0 Å². The first-order valence-corrected chi connectivity index (χ1v) is 10.2. The normalized spacial score (nSPS) is 11.1. The molecule has 144 valence electrons. The second kappa shape index (κ2) is 9.23. The number of methoxy groups -OCH3 is 2. The fraction of sp³-hybridized carbons (Fsp3) is 0.391. The Labute approximate surface area is 167 Å². The number of unbranched alkanes of at least 4 members (excludes halogenated alkanes) is 3. The molecule has 0 unspecified atom stereocenters. The molecule has 0 aliphatic rings. The molecule has 2 aromatic carbocycles. The van der Waals surface area contributed by atoms with Crippen molar-refractivity contribution in [2.24, 2.45) is 0 Å². The van der Waals surface area contributed by atoms with Crippen LogP contribution in [0.1, 0.15) is 31.2 Å². The molecule has 0 amide bonds. The van der Waals surface area contributed by atoms with Crippen molar-refractivity contribution in [3.8, 4) is 22.8 Å². The molecule has 3 aromatic rings. The molecule has 1 heterocycles. The lowest BCUT2D eigenvalue weighted by Gasteiger charge is -2.12. The number of aromatic nitrogens is 1. The summed E-state index contributed by atoms with van der Waals surface area (Å²) in [5.41, 5.74) is 5.08. The maximum atomic E-state index is 5.45. The zero-order valence-electron chi connectivity index (χ0n) is 16.5. The van der Waals surface area contributed by atoms with Gasteiger partial charge in [-0.3, -0.25) is 0 Å². The highest BCUT2D eigenvalue weighted by molar-refractivity contribution is 7.80. The average molecular weight is 384 g/mol. The van der Waals surface area contributed by atoms with Gasteiger partial charge in [0.15, 0.2) is 0 Å². The van der Waals surface area contributed by atoms with Gasteiger partial charge in [0.2, 0.25) is 0 Å². The third-order valence-corrected chi connectivity index (χ3v) is 5.49. The number of ether oxygens (including phenoxy) is 2. The number of fused-ring (bicyclic) bond motifs is 1. The van der Waals surface area contributed by atoms with Crippen LogP contribution in [0.15, 0.2) is 42.5 Å². The lowest BCUT2D eigenvalue weighted by atomic mass is 10.1. The quantitative estimate of drug-likeness (QED) is 0.355. The van der Waals surface area contributed by atoms with E-state index >= 15 is 0 Å². The van der Waals surface area contributed by atoms with E-state index < -0.39 is 0 Å². The molecule has 0 saturated heterocycles. The minimum absolute atomic E-state index is 0.882. The maximum absolute atomic E-state index is 5.45. The van der Waals surface area contributed by atoms with E-state index in [4.69, 9.17) is 9.47 Å². The van der Waals surface area contributed by atoms with Gasteiger partial charge < -0.3 is 14.0 Å². The minimum atomic E-state index is 0.882. The van der Waals surface area contributed by atoms with Crippen LogP contribution >= 0.6 is 12.6 Å². The van der Waals surface area contributed by atoms with Gasteiger partial charge in [-0.2, -0.15) is 12.6 Å². The van der Waals surface area contributed by atoms with Gasteiger partial charge in [-0.1, -0.05) is 12.8 Å². The molecular weight excluding hydrogens is 354 g/mol. The Morgan fingerprint density at radius 2 is 1.52 bits per heavy atom. The number of hydrogen-bond acceptors (Lipinski definition) is 3. The van der Waals surface area contributed by atoms with Gasteiger partial charge in [-0.25, -0.2) is 0 Å². The van der Waals surface area contributed by atoms with Gasteiger partial charge in [-0.05, 0) is 79.1 Å². The molecule has 3 rings (SSSR count). The monoisotopic (exact) mass is 383 g/mol. The van der Waals surface area contributed by atoms with E-state index in [1.54, 1.807) is 14.2 Å². The molecule has 1 aromatic heterocycles. The summed E-state index contributed by atoms with van der Waals surface area (Å²) in [6, 6.07) is 14.7. The molecule has 0 aliphatic carbocycles. The number of benzene rings is 2. The Bertz CT molecular complexity index is 884. The van der Waals surface area contributed by atoms with Crippen LogP contribution in [-0.4, -0.2) is 24.5 Å². The van der Waals surface area contributed by atoms with E-state index in [1.807, 2.05) is 12.1 Å². The maximum Gasteiger partial charge on any atom is 0.119 e. The Balaban J connectivity index is 2.02.